The molecule has 1 aliphatic rings. The molecule has 0 amide bonds. The van der Waals surface area contributed by atoms with E-state index < -0.39 is 12.0 Å². The van der Waals surface area contributed by atoms with Crippen LogP contribution in [-0.4, -0.2) is 10.2 Å². The van der Waals surface area contributed by atoms with E-state index >= 15 is 0 Å². The summed E-state index contributed by atoms with van der Waals surface area (Å²) in [6.45, 7) is 0. The van der Waals surface area contributed by atoms with Crippen LogP contribution in [-0.2, 0) is 5.60 Å². The number of hydrogen-bond donors (Lipinski definition) is 2. The molecular weight excluding hydrogens is 190 g/mol. The largest absolute Gasteiger partial charge is 0.508 e. The molecule has 0 heterocycles. The topological polar surface area (TPSA) is 40.5 Å². The number of rotatable bonds is 2. The summed E-state index contributed by atoms with van der Waals surface area (Å²) in [4.78, 5) is 0. The quantitative estimate of drug-likeness (QED) is 0.769. The second-order valence-electron chi connectivity index (χ2n) is 3.61. The molecule has 0 aromatic heterocycles. The molecule has 1 saturated carbocycles. The molecular formula is C10H10F2O2. The summed E-state index contributed by atoms with van der Waals surface area (Å²) in [6, 6.07) is 3.54. The molecule has 2 rings (SSSR count). The molecule has 14 heavy (non-hydrogen) atoms. The molecule has 2 nitrogen and oxygen atoms in total. The standard InChI is InChI=1S/C10H10F2O2/c11-9(12)6-1-2-8(13)7(5-6)10(14)3-4-10/h1-2,5,9,13-14H,3-4H2. The second-order valence-corrected chi connectivity index (χ2v) is 3.61. The average Bonchev–Trinajstić information content (AvgIpc) is 2.85. The fourth-order valence-electron chi connectivity index (χ4n) is 1.45. The summed E-state index contributed by atoms with van der Waals surface area (Å²) in [6.07, 6.45) is -1.53. The third-order valence-corrected chi connectivity index (χ3v) is 2.50. The number of benzene rings is 1. The summed E-state index contributed by atoms with van der Waals surface area (Å²) >= 11 is 0. The van der Waals surface area contributed by atoms with Crippen molar-refractivity contribution >= 4 is 0 Å². The van der Waals surface area contributed by atoms with Crippen LogP contribution in [0.4, 0.5) is 8.78 Å². The van der Waals surface area contributed by atoms with E-state index in [2.05, 4.69) is 0 Å². The van der Waals surface area contributed by atoms with Gasteiger partial charge in [-0.2, -0.15) is 0 Å². The highest BCUT2D eigenvalue weighted by atomic mass is 19.3. The van der Waals surface area contributed by atoms with Gasteiger partial charge in [0, 0.05) is 11.1 Å². The Morgan fingerprint density at radius 2 is 1.93 bits per heavy atom. The van der Waals surface area contributed by atoms with Crippen LogP contribution in [0.1, 0.15) is 30.4 Å². The molecule has 76 valence electrons. The van der Waals surface area contributed by atoms with Gasteiger partial charge in [-0.3, -0.25) is 0 Å². The lowest BCUT2D eigenvalue weighted by molar-refractivity contribution is 0.142. The van der Waals surface area contributed by atoms with E-state index in [0.29, 0.717) is 12.8 Å². The van der Waals surface area contributed by atoms with Crippen molar-refractivity contribution in [1.29, 1.82) is 0 Å². The molecule has 0 saturated heterocycles. The summed E-state index contributed by atoms with van der Waals surface area (Å²) in [5.74, 6) is -0.116. The zero-order valence-electron chi connectivity index (χ0n) is 7.37. The van der Waals surface area contributed by atoms with Crippen LogP contribution in [0.25, 0.3) is 0 Å². The van der Waals surface area contributed by atoms with Crippen molar-refractivity contribution in [3.63, 3.8) is 0 Å². The number of aromatic hydroxyl groups is 1. The summed E-state index contributed by atoms with van der Waals surface area (Å²) in [5, 5.41) is 19.1. The van der Waals surface area contributed by atoms with Gasteiger partial charge in [0.2, 0.25) is 0 Å². The van der Waals surface area contributed by atoms with E-state index in [1.165, 1.54) is 12.1 Å². The molecule has 4 heteroatoms. The maximum atomic E-state index is 12.3. The first-order valence-electron chi connectivity index (χ1n) is 4.37. The molecule has 0 atom stereocenters. The molecule has 1 aromatic rings. The Balaban J connectivity index is 2.43. The number of aliphatic hydroxyl groups is 1. The highest BCUT2D eigenvalue weighted by Gasteiger charge is 2.44. The van der Waals surface area contributed by atoms with Crippen molar-refractivity contribution in [2.75, 3.05) is 0 Å². The van der Waals surface area contributed by atoms with Crippen LogP contribution in [0.5, 0.6) is 5.75 Å². The van der Waals surface area contributed by atoms with Crippen molar-refractivity contribution in [1.82, 2.24) is 0 Å². The van der Waals surface area contributed by atoms with Gasteiger partial charge in [0.25, 0.3) is 6.43 Å². The fraction of sp³-hybridized carbons (Fsp3) is 0.400. The number of halogens is 2. The number of hydrogen-bond acceptors (Lipinski definition) is 2. The molecule has 0 unspecified atom stereocenters. The Labute approximate surface area is 79.8 Å². The van der Waals surface area contributed by atoms with Crippen molar-refractivity contribution in [3.05, 3.63) is 29.3 Å². The number of phenols is 1. The van der Waals surface area contributed by atoms with Crippen molar-refractivity contribution < 1.29 is 19.0 Å². The number of alkyl halides is 2. The van der Waals surface area contributed by atoms with Crippen LogP contribution in [0.2, 0.25) is 0 Å². The zero-order chi connectivity index (χ0) is 10.3. The van der Waals surface area contributed by atoms with Gasteiger partial charge in [0.05, 0.1) is 5.60 Å². The predicted octanol–water partition coefficient (Wildman–Crippen LogP) is 2.31. The Kier molecular flexibility index (Phi) is 1.96. The van der Waals surface area contributed by atoms with Gasteiger partial charge in [-0.1, -0.05) is 0 Å². The highest BCUT2D eigenvalue weighted by molar-refractivity contribution is 5.43. The molecule has 0 radical (unpaired) electrons. The lowest BCUT2D eigenvalue weighted by atomic mass is 10.0. The van der Waals surface area contributed by atoms with E-state index in [4.69, 9.17) is 0 Å². The molecule has 0 aliphatic heterocycles. The van der Waals surface area contributed by atoms with Gasteiger partial charge in [0.15, 0.2) is 0 Å². The first-order chi connectivity index (χ1) is 6.53. The van der Waals surface area contributed by atoms with E-state index in [9.17, 15) is 19.0 Å². The van der Waals surface area contributed by atoms with E-state index in [1.54, 1.807) is 0 Å². The van der Waals surface area contributed by atoms with Crippen LogP contribution < -0.4 is 0 Å². The minimum atomic E-state index is -2.57. The normalized spacial score (nSPS) is 18.6. The van der Waals surface area contributed by atoms with Crippen molar-refractivity contribution in [3.8, 4) is 5.75 Å². The van der Waals surface area contributed by atoms with Crippen molar-refractivity contribution in [2.45, 2.75) is 24.9 Å². The first kappa shape index (κ1) is 9.40. The molecule has 1 aromatic carbocycles. The lowest BCUT2D eigenvalue weighted by Crippen LogP contribution is -2.05. The number of phenolic OH excluding ortho intramolecular Hbond substituents is 1. The van der Waals surface area contributed by atoms with Crippen molar-refractivity contribution in [2.24, 2.45) is 0 Å². The summed E-state index contributed by atoms with van der Waals surface area (Å²) in [7, 11) is 0. The van der Waals surface area contributed by atoms with Gasteiger partial charge >= 0.3 is 0 Å². The lowest BCUT2D eigenvalue weighted by Gasteiger charge is -2.11. The molecule has 0 bridgehead atoms. The van der Waals surface area contributed by atoms with Gasteiger partial charge in [0.1, 0.15) is 5.75 Å². The third kappa shape index (κ3) is 1.46. The Morgan fingerprint density at radius 3 is 2.43 bits per heavy atom. The predicted molar refractivity (Wildman–Crippen MR) is 46.2 cm³/mol. The van der Waals surface area contributed by atoms with Crippen LogP contribution in [0.3, 0.4) is 0 Å². The van der Waals surface area contributed by atoms with Crippen LogP contribution in [0.15, 0.2) is 18.2 Å². The third-order valence-electron chi connectivity index (χ3n) is 2.50. The first-order valence-corrected chi connectivity index (χ1v) is 4.37. The second kappa shape index (κ2) is 2.92. The SMILES string of the molecule is Oc1ccc(C(F)F)cc1C1(O)CC1. The van der Waals surface area contributed by atoms with E-state index in [0.717, 1.165) is 6.07 Å². The van der Waals surface area contributed by atoms with Gasteiger partial charge < -0.3 is 10.2 Å². The minimum absolute atomic E-state index is 0.116. The van der Waals surface area contributed by atoms with Crippen LogP contribution in [0, 0.1) is 0 Å². The Hall–Kier alpha value is -1.16. The van der Waals surface area contributed by atoms with E-state index in [-0.39, 0.29) is 16.9 Å². The van der Waals surface area contributed by atoms with Gasteiger partial charge in [-0.15, -0.1) is 0 Å². The zero-order valence-corrected chi connectivity index (χ0v) is 7.37. The monoisotopic (exact) mass is 200 g/mol. The maximum absolute atomic E-state index is 12.3. The maximum Gasteiger partial charge on any atom is 0.263 e. The fourth-order valence-corrected chi connectivity index (χ4v) is 1.45. The van der Waals surface area contributed by atoms with E-state index in [1.807, 2.05) is 0 Å². The minimum Gasteiger partial charge on any atom is -0.508 e. The smallest absolute Gasteiger partial charge is 0.263 e. The highest BCUT2D eigenvalue weighted by Crippen LogP contribution is 2.49. The molecule has 1 fully saturated rings. The van der Waals surface area contributed by atoms with Gasteiger partial charge in [-0.25, -0.2) is 8.78 Å². The Bertz CT molecular complexity index is 359. The summed E-state index contributed by atoms with van der Waals surface area (Å²) in [5.41, 5.74) is -1.02. The Morgan fingerprint density at radius 1 is 1.29 bits per heavy atom. The molecule has 0 spiro atoms. The summed E-state index contributed by atoms with van der Waals surface area (Å²) < 4.78 is 24.6. The van der Waals surface area contributed by atoms with Gasteiger partial charge in [-0.05, 0) is 31.0 Å². The van der Waals surface area contributed by atoms with Crippen LogP contribution >= 0.6 is 0 Å². The molecule has 1 aliphatic carbocycles. The molecule has 2 N–H and O–H groups in total. The average molecular weight is 200 g/mol.